The molecular formula is C6H10N2O3. The molecule has 0 aromatic heterocycles. The van der Waals surface area contributed by atoms with Gasteiger partial charge in [0.05, 0.1) is 10.5 Å². The highest BCUT2D eigenvalue weighted by Crippen LogP contribution is 2.15. The molecule has 1 rings (SSSR count). The van der Waals surface area contributed by atoms with Crippen LogP contribution < -0.4 is 5.32 Å². The minimum atomic E-state index is -0.538. The summed E-state index contributed by atoms with van der Waals surface area (Å²) < 4.78 is 4.99. The molecule has 0 aromatic carbocycles. The van der Waals surface area contributed by atoms with E-state index in [9.17, 15) is 10.1 Å². The minimum Gasteiger partial charge on any atom is -0.472 e. The van der Waals surface area contributed by atoms with Crippen molar-refractivity contribution in [3.63, 3.8) is 0 Å². The summed E-state index contributed by atoms with van der Waals surface area (Å²) in [6.07, 6.45) is 0.828. The second-order valence-corrected chi connectivity index (χ2v) is 3.08. The quantitative estimate of drug-likeness (QED) is 0.444. The van der Waals surface area contributed by atoms with Gasteiger partial charge in [-0.15, -0.1) is 0 Å². The van der Waals surface area contributed by atoms with Gasteiger partial charge in [-0.2, -0.15) is 0 Å². The Hall–Kier alpha value is -1.26. The highest BCUT2D eigenvalue weighted by atomic mass is 16.6. The highest BCUT2D eigenvalue weighted by Gasteiger charge is 2.28. The van der Waals surface area contributed by atoms with Crippen molar-refractivity contribution >= 4 is 0 Å². The molecule has 1 fully saturated rings. The SMILES string of the molecule is CC1(C)CO/C(=C\[N+](=O)[O-])N1. The first-order valence-electron chi connectivity index (χ1n) is 3.26. The third-order valence-corrected chi connectivity index (χ3v) is 1.27. The van der Waals surface area contributed by atoms with Gasteiger partial charge in [0.1, 0.15) is 6.61 Å². The lowest BCUT2D eigenvalue weighted by atomic mass is 10.1. The first kappa shape index (κ1) is 7.84. The standard InChI is InChI=1S/C6H10N2O3/c1-6(2)4-11-5(7-6)3-8(9)10/h3,7H,4H2,1-2H3/b5-3-. The Bertz CT molecular complexity index is 210. The maximum Gasteiger partial charge on any atom is 0.293 e. The fourth-order valence-corrected chi connectivity index (χ4v) is 0.829. The summed E-state index contributed by atoms with van der Waals surface area (Å²) in [7, 11) is 0. The van der Waals surface area contributed by atoms with Crippen LogP contribution in [0.1, 0.15) is 13.8 Å². The van der Waals surface area contributed by atoms with Gasteiger partial charge in [0.25, 0.3) is 12.1 Å². The van der Waals surface area contributed by atoms with Crippen LogP contribution in [0, 0.1) is 10.1 Å². The molecule has 0 unspecified atom stereocenters. The number of nitrogens with zero attached hydrogens (tertiary/aromatic N) is 1. The zero-order valence-electron chi connectivity index (χ0n) is 6.46. The van der Waals surface area contributed by atoms with Crippen LogP contribution in [0.15, 0.2) is 12.1 Å². The summed E-state index contributed by atoms with van der Waals surface area (Å²) in [5.41, 5.74) is -0.193. The van der Waals surface area contributed by atoms with E-state index in [1.165, 1.54) is 0 Å². The molecule has 1 aliphatic heterocycles. The molecule has 1 N–H and O–H groups in total. The molecule has 0 aromatic rings. The smallest absolute Gasteiger partial charge is 0.293 e. The summed E-state index contributed by atoms with van der Waals surface area (Å²) >= 11 is 0. The van der Waals surface area contributed by atoms with Gasteiger partial charge in [-0.1, -0.05) is 0 Å². The number of hydrogen-bond donors (Lipinski definition) is 1. The van der Waals surface area contributed by atoms with Crippen molar-refractivity contribution in [2.75, 3.05) is 6.61 Å². The lowest BCUT2D eigenvalue weighted by Crippen LogP contribution is -2.34. The molecule has 62 valence electrons. The Morgan fingerprint density at radius 3 is 2.82 bits per heavy atom. The van der Waals surface area contributed by atoms with Crippen LogP contribution in [0.4, 0.5) is 0 Å². The molecule has 0 spiro atoms. The molecule has 0 aliphatic carbocycles. The van der Waals surface area contributed by atoms with Gasteiger partial charge < -0.3 is 10.1 Å². The average molecular weight is 158 g/mol. The molecule has 5 nitrogen and oxygen atoms in total. The number of ether oxygens (including phenoxy) is 1. The van der Waals surface area contributed by atoms with Crippen LogP contribution in [-0.2, 0) is 4.74 Å². The summed E-state index contributed by atoms with van der Waals surface area (Å²) in [6, 6.07) is 0. The topological polar surface area (TPSA) is 64.4 Å². The maximum atomic E-state index is 9.98. The van der Waals surface area contributed by atoms with Crippen molar-refractivity contribution in [3.05, 3.63) is 22.2 Å². The van der Waals surface area contributed by atoms with E-state index in [0.29, 0.717) is 6.61 Å². The van der Waals surface area contributed by atoms with Crippen LogP contribution in [0.25, 0.3) is 0 Å². The third kappa shape index (κ3) is 2.10. The number of nitro groups is 1. The minimum absolute atomic E-state index is 0.193. The Balaban J connectivity index is 2.61. The van der Waals surface area contributed by atoms with Crippen LogP contribution in [0.5, 0.6) is 0 Å². The number of rotatable bonds is 1. The summed E-state index contributed by atoms with van der Waals surface area (Å²) in [6.45, 7) is 4.29. The molecule has 0 amide bonds. The summed E-state index contributed by atoms with van der Waals surface area (Å²) in [5, 5.41) is 12.8. The normalized spacial score (nSPS) is 24.4. The third-order valence-electron chi connectivity index (χ3n) is 1.27. The van der Waals surface area contributed by atoms with Crippen LogP contribution in [-0.4, -0.2) is 17.1 Å². The van der Waals surface area contributed by atoms with Crippen LogP contribution in [0.3, 0.4) is 0 Å². The lowest BCUT2D eigenvalue weighted by molar-refractivity contribution is -0.405. The van der Waals surface area contributed by atoms with Crippen LogP contribution >= 0.6 is 0 Å². The van der Waals surface area contributed by atoms with Gasteiger partial charge in [0, 0.05) is 0 Å². The summed E-state index contributed by atoms with van der Waals surface area (Å²) in [5.74, 6) is 0.236. The van der Waals surface area contributed by atoms with Gasteiger partial charge in [-0.05, 0) is 13.8 Å². The first-order valence-corrected chi connectivity index (χ1v) is 3.26. The van der Waals surface area contributed by atoms with E-state index >= 15 is 0 Å². The average Bonchev–Trinajstić information content (AvgIpc) is 2.08. The van der Waals surface area contributed by atoms with Crippen molar-refractivity contribution in [2.45, 2.75) is 19.4 Å². The second kappa shape index (κ2) is 2.41. The van der Waals surface area contributed by atoms with Crippen molar-refractivity contribution < 1.29 is 9.66 Å². The van der Waals surface area contributed by atoms with Crippen molar-refractivity contribution in [3.8, 4) is 0 Å². The van der Waals surface area contributed by atoms with Gasteiger partial charge in [0.2, 0.25) is 0 Å². The van der Waals surface area contributed by atoms with Gasteiger partial charge in [-0.3, -0.25) is 10.1 Å². The zero-order chi connectivity index (χ0) is 8.48. The Labute approximate surface area is 64.2 Å². The van der Waals surface area contributed by atoms with Gasteiger partial charge in [-0.25, -0.2) is 0 Å². The molecule has 11 heavy (non-hydrogen) atoms. The molecule has 0 saturated carbocycles. The lowest BCUT2D eigenvalue weighted by Gasteiger charge is -2.12. The predicted molar refractivity (Wildman–Crippen MR) is 38.2 cm³/mol. The molecular weight excluding hydrogens is 148 g/mol. The van der Waals surface area contributed by atoms with Crippen molar-refractivity contribution in [1.29, 1.82) is 0 Å². The zero-order valence-corrected chi connectivity index (χ0v) is 6.46. The molecule has 0 atom stereocenters. The van der Waals surface area contributed by atoms with E-state index in [4.69, 9.17) is 4.74 Å². The highest BCUT2D eigenvalue weighted by molar-refractivity contribution is 4.99. The number of hydrogen-bond acceptors (Lipinski definition) is 4. The van der Waals surface area contributed by atoms with Crippen molar-refractivity contribution in [1.82, 2.24) is 5.32 Å². The van der Waals surface area contributed by atoms with Crippen molar-refractivity contribution in [2.24, 2.45) is 0 Å². The Kier molecular flexibility index (Phi) is 1.72. The second-order valence-electron chi connectivity index (χ2n) is 3.08. The van der Waals surface area contributed by atoms with Crippen LogP contribution in [0.2, 0.25) is 0 Å². The largest absolute Gasteiger partial charge is 0.472 e. The molecule has 1 heterocycles. The molecule has 0 bridgehead atoms. The van der Waals surface area contributed by atoms with E-state index in [1.807, 2.05) is 13.8 Å². The maximum absolute atomic E-state index is 9.98. The summed E-state index contributed by atoms with van der Waals surface area (Å²) in [4.78, 5) is 9.44. The number of nitrogens with one attached hydrogen (secondary N) is 1. The molecule has 1 aliphatic rings. The van der Waals surface area contributed by atoms with E-state index in [-0.39, 0.29) is 11.4 Å². The van der Waals surface area contributed by atoms with E-state index in [0.717, 1.165) is 6.20 Å². The monoisotopic (exact) mass is 158 g/mol. The Morgan fingerprint density at radius 2 is 2.45 bits per heavy atom. The van der Waals surface area contributed by atoms with Gasteiger partial charge in [0.15, 0.2) is 0 Å². The first-order chi connectivity index (χ1) is 4.99. The van der Waals surface area contributed by atoms with E-state index in [2.05, 4.69) is 5.32 Å². The molecule has 1 saturated heterocycles. The molecule has 5 heteroatoms. The fraction of sp³-hybridized carbons (Fsp3) is 0.667. The Morgan fingerprint density at radius 1 is 1.82 bits per heavy atom. The predicted octanol–water partition coefficient (Wildman–Crippen LogP) is 0.460. The fourth-order valence-electron chi connectivity index (χ4n) is 0.829. The van der Waals surface area contributed by atoms with Gasteiger partial charge >= 0.3 is 0 Å². The van der Waals surface area contributed by atoms with E-state index < -0.39 is 4.92 Å². The molecule has 0 radical (unpaired) electrons. The van der Waals surface area contributed by atoms with E-state index in [1.54, 1.807) is 0 Å².